The summed E-state index contributed by atoms with van der Waals surface area (Å²) in [5, 5.41) is 0. The first-order valence-electron chi connectivity index (χ1n) is 6.28. The van der Waals surface area contributed by atoms with Gasteiger partial charge in [0.05, 0.1) is 5.75 Å². The fraction of sp³-hybridized carbons (Fsp3) is 0.200. The Morgan fingerprint density at radius 3 is 2.15 bits per heavy atom. The lowest BCUT2D eigenvalue weighted by atomic mass is 10.2. The average molecular weight is 310 g/mol. The van der Waals surface area contributed by atoms with E-state index < -0.39 is 10.0 Å². The maximum absolute atomic E-state index is 12.0. The molecule has 0 bridgehead atoms. The van der Waals surface area contributed by atoms with Crippen LogP contribution >= 0.6 is 11.6 Å². The molecule has 0 spiro atoms. The van der Waals surface area contributed by atoms with Crippen LogP contribution < -0.4 is 4.72 Å². The lowest BCUT2D eigenvalue weighted by Crippen LogP contribution is -2.18. The van der Waals surface area contributed by atoms with E-state index in [2.05, 4.69) is 4.72 Å². The number of benzene rings is 2. The lowest BCUT2D eigenvalue weighted by molar-refractivity contribution is 0.600. The minimum atomic E-state index is -3.34. The van der Waals surface area contributed by atoms with Crippen LogP contribution in [0.25, 0.3) is 0 Å². The van der Waals surface area contributed by atoms with Gasteiger partial charge in [0.1, 0.15) is 0 Å². The van der Waals surface area contributed by atoms with Crippen LogP contribution in [0.5, 0.6) is 0 Å². The second-order valence-electron chi connectivity index (χ2n) is 4.49. The number of halogens is 1. The van der Waals surface area contributed by atoms with E-state index in [0.29, 0.717) is 18.0 Å². The Hall–Kier alpha value is -1.52. The van der Waals surface area contributed by atoms with Crippen molar-refractivity contribution in [1.82, 2.24) is 0 Å². The number of alkyl halides is 1. The highest BCUT2D eigenvalue weighted by Gasteiger charge is 2.10. The number of hydrogen-bond acceptors (Lipinski definition) is 2. The molecule has 20 heavy (non-hydrogen) atoms. The van der Waals surface area contributed by atoms with Gasteiger partial charge in [-0.15, -0.1) is 11.6 Å². The van der Waals surface area contributed by atoms with Crippen LogP contribution in [0.1, 0.15) is 11.1 Å². The van der Waals surface area contributed by atoms with Gasteiger partial charge in [0, 0.05) is 11.6 Å². The number of rotatable bonds is 6. The number of aryl methyl sites for hydroxylation is 1. The van der Waals surface area contributed by atoms with Crippen molar-refractivity contribution in [3.63, 3.8) is 0 Å². The summed E-state index contributed by atoms with van der Waals surface area (Å²) in [6, 6.07) is 16.6. The molecule has 0 aliphatic rings. The van der Waals surface area contributed by atoms with Crippen molar-refractivity contribution in [2.75, 3.05) is 10.5 Å². The third-order valence-electron chi connectivity index (χ3n) is 2.88. The van der Waals surface area contributed by atoms with Gasteiger partial charge in [0.15, 0.2) is 0 Å². The van der Waals surface area contributed by atoms with Crippen LogP contribution in [0.4, 0.5) is 5.69 Å². The molecule has 106 valence electrons. The van der Waals surface area contributed by atoms with Gasteiger partial charge >= 0.3 is 0 Å². The van der Waals surface area contributed by atoms with Gasteiger partial charge in [-0.2, -0.15) is 0 Å². The van der Waals surface area contributed by atoms with Gasteiger partial charge in [-0.25, -0.2) is 8.42 Å². The van der Waals surface area contributed by atoms with E-state index in [0.717, 1.165) is 11.1 Å². The van der Waals surface area contributed by atoms with E-state index in [1.54, 1.807) is 12.1 Å². The zero-order chi connectivity index (χ0) is 14.4. The molecule has 5 heteroatoms. The smallest absolute Gasteiger partial charge is 0.233 e. The quantitative estimate of drug-likeness (QED) is 0.831. The van der Waals surface area contributed by atoms with Gasteiger partial charge in [-0.1, -0.05) is 42.5 Å². The molecule has 0 unspecified atom stereocenters. The number of nitrogens with one attached hydrogen (secondary N) is 1. The summed E-state index contributed by atoms with van der Waals surface area (Å²) in [5.74, 6) is 0.481. The Kier molecular flexibility index (Phi) is 5.04. The molecule has 0 aliphatic heterocycles. The highest BCUT2D eigenvalue weighted by molar-refractivity contribution is 7.92. The molecule has 2 rings (SSSR count). The molecule has 0 atom stereocenters. The van der Waals surface area contributed by atoms with E-state index in [1.807, 2.05) is 42.5 Å². The van der Waals surface area contributed by atoms with E-state index in [9.17, 15) is 8.42 Å². The van der Waals surface area contributed by atoms with Crippen LogP contribution in [0.2, 0.25) is 0 Å². The van der Waals surface area contributed by atoms with E-state index >= 15 is 0 Å². The first kappa shape index (κ1) is 14.9. The molecule has 0 aliphatic carbocycles. The van der Waals surface area contributed by atoms with Gasteiger partial charge in [0.25, 0.3) is 0 Å². The van der Waals surface area contributed by atoms with Gasteiger partial charge in [0.2, 0.25) is 10.0 Å². The maximum atomic E-state index is 12.0. The second-order valence-corrected chi connectivity index (χ2v) is 6.60. The van der Waals surface area contributed by atoms with Gasteiger partial charge in [-0.05, 0) is 29.7 Å². The molecule has 0 saturated heterocycles. The average Bonchev–Trinajstić information content (AvgIpc) is 2.47. The fourth-order valence-corrected chi connectivity index (χ4v) is 3.07. The first-order chi connectivity index (χ1) is 9.59. The van der Waals surface area contributed by atoms with E-state index in [-0.39, 0.29) is 5.75 Å². The minimum Gasteiger partial charge on any atom is -0.284 e. The molecular formula is C15H16ClNO2S. The van der Waals surface area contributed by atoms with Crippen molar-refractivity contribution >= 4 is 27.3 Å². The molecule has 0 amide bonds. The molecule has 0 fully saturated rings. The van der Waals surface area contributed by atoms with E-state index in [4.69, 9.17) is 11.6 Å². The topological polar surface area (TPSA) is 46.2 Å². The summed E-state index contributed by atoms with van der Waals surface area (Å²) >= 11 is 5.69. The third kappa shape index (κ3) is 4.54. The monoisotopic (exact) mass is 309 g/mol. The van der Waals surface area contributed by atoms with Gasteiger partial charge < -0.3 is 0 Å². The van der Waals surface area contributed by atoms with Crippen molar-refractivity contribution in [3.8, 4) is 0 Å². The Morgan fingerprint density at radius 1 is 0.900 bits per heavy atom. The summed E-state index contributed by atoms with van der Waals surface area (Å²) < 4.78 is 26.6. The highest BCUT2D eigenvalue weighted by atomic mass is 35.5. The molecule has 2 aromatic rings. The SMILES string of the molecule is O=S(=O)(CCc1ccccc1)Nc1ccc(CCl)cc1. The molecule has 0 saturated carbocycles. The summed E-state index contributed by atoms with van der Waals surface area (Å²) in [4.78, 5) is 0. The van der Waals surface area contributed by atoms with Crippen LogP contribution in [-0.4, -0.2) is 14.2 Å². The predicted octanol–water partition coefficient (Wildman–Crippen LogP) is 3.41. The maximum Gasteiger partial charge on any atom is 0.233 e. The lowest BCUT2D eigenvalue weighted by Gasteiger charge is -2.08. The molecule has 1 N–H and O–H groups in total. The van der Waals surface area contributed by atoms with E-state index in [1.165, 1.54) is 0 Å². The largest absolute Gasteiger partial charge is 0.284 e. The van der Waals surface area contributed by atoms with Crippen LogP contribution in [-0.2, 0) is 22.3 Å². The Balaban J connectivity index is 1.96. The summed E-state index contributed by atoms with van der Waals surface area (Å²) in [6.07, 6.45) is 0.496. The third-order valence-corrected chi connectivity index (χ3v) is 4.48. The van der Waals surface area contributed by atoms with Crippen molar-refractivity contribution in [3.05, 3.63) is 65.7 Å². The van der Waals surface area contributed by atoms with Gasteiger partial charge in [-0.3, -0.25) is 4.72 Å². The van der Waals surface area contributed by atoms with Crippen LogP contribution in [0, 0.1) is 0 Å². The molecule has 3 nitrogen and oxygen atoms in total. The summed E-state index contributed by atoms with van der Waals surface area (Å²) in [6.45, 7) is 0. The molecule has 0 radical (unpaired) electrons. The number of anilines is 1. The predicted molar refractivity (Wildman–Crippen MR) is 83.6 cm³/mol. The van der Waals surface area contributed by atoms with Crippen molar-refractivity contribution in [1.29, 1.82) is 0 Å². The summed E-state index contributed by atoms with van der Waals surface area (Å²) in [5.41, 5.74) is 2.53. The number of hydrogen-bond donors (Lipinski definition) is 1. The Labute approximate surface area is 124 Å². The zero-order valence-corrected chi connectivity index (χ0v) is 12.5. The first-order valence-corrected chi connectivity index (χ1v) is 8.47. The summed E-state index contributed by atoms with van der Waals surface area (Å²) in [7, 11) is -3.34. The number of sulfonamides is 1. The zero-order valence-electron chi connectivity index (χ0n) is 10.9. The molecule has 0 heterocycles. The molecule has 2 aromatic carbocycles. The standard InChI is InChI=1S/C15H16ClNO2S/c16-12-14-6-8-15(9-7-14)17-20(18,19)11-10-13-4-2-1-3-5-13/h1-9,17H,10-12H2. The van der Waals surface area contributed by atoms with Crippen LogP contribution in [0.3, 0.4) is 0 Å². The minimum absolute atomic E-state index is 0.0638. The Bertz CT molecular complexity index is 639. The fourth-order valence-electron chi connectivity index (χ4n) is 1.79. The molecule has 0 aromatic heterocycles. The highest BCUT2D eigenvalue weighted by Crippen LogP contribution is 2.13. The van der Waals surface area contributed by atoms with Crippen molar-refractivity contribution in [2.45, 2.75) is 12.3 Å². The normalized spacial score (nSPS) is 11.2. The van der Waals surface area contributed by atoms with Crippen molar-refractivity contribution in [2.24, 2.45) is 0 Å². The molecular weight excluding hydrogens is 294 g/mol. The van der Waals surface area contributed by atoms with Crippen LogP contribution in [0.15, 0.2) is 54.6 Å². The second kappa shape index (κ2) is 6.77. The Morgan fingerprint density at radius 2 is 1.55 bits per heavy atom. The van der Waals surface area contributed by atoms with Crippen molar-refractivity contribution < 1.29 is 8.42 Å².